The van der Waals surface area contributed by atoms with Gasteiger partial charge in [-0.25, -0.2) is 0 Å². The zero-order valence-electron chi connectivity index (χ0n) is 16.5. The lowest BCUT2D eigenvalue weighted by Crippen LogP contribution is -2.45. The summed E-state index contributed by atoms with van der Waals surface area (Å²) in [5.74, 6) is 2.33. The lowest BCUT2D eigenvalue weighted by atomic mass is 10.1. The average Bonchev–Trinajstić information content (AvgIpc) is 2.68. The molecule has 0 radical (unpaired) electrons. The molecule has 3 rings (SSSR count). The van der Waals surface area contributed by atoms with Gasteiger partial charge >= 0.3 is 0 Å². The summed E-state index contributed by atoms with van der Waals surface area (Å²) in [4.78, 5) is 6.40. The minimum absolute atomic E-state index is 0.0560. The smallest absolute Gasteiger partial charge is 0.191 e. The Hall–Kier alpha value is -2.89. The third kappa shape index (κ3) is 4.84. The molecular formula is C21H28N4O2. The van der Waals surface area contributed by atoms with Crippen molar-refractivity contribution in [1.82, 2.24) is 10.6 Å². The van der Waals surface area contributed by atoms with Crippen molar-refractivity contribution in [2.24, 2.45) is 4.99 Å². The summed E-state index contributed by atoms with van der Waals surface area (Å²) in [6, 6.07) is 14.2. The normalized spacial score (nSPS) is 16.0. The van der Waals surface area contributed by atoms with E-state index in [9.17, 15) is 0 Å². The molecule has 2 aromatic carbocycles. The van der Waals surface area contributed by atoms with Crippen LogP contribution in [0.5, 0.6) is 11.5 Å². The summed E-state index contributed by atoms with van der Waals surface area (Å²) in [5, 5.41) is 6.68. The van der Waals surface area contributed by atoms with E-state index in [2.05, 4.69) is 45.6 Å². The van der Waals surface area contributed by atoms with Gasteiger partial charge in [-0.1, -0.05) is 18.2 Å². The van der Waals surface area contributed by atoms with Gasteiger partial charge in [-0.05, 0) is 42.3 Å². The van der Waals surface area contributed by atoms with E-state index >= 15 is 0 Å². The maximum Gasteiger partial charge on any atom is 0.191 e. The first-order valence-electron chi connectivity index (χ1n) is 9.16. The number of anilines is 1. The second kappa shape index (κ2) is 8.66. The summed E-state index contributed by atoms with van der Waals surface area (Å²) in [7, 11) is 5.87. The fourth-order valence-corrected chi connectivity index (χ4v) is 2.93. The topological polar surface area (TPSA) is 58.1 Å². The van der Waals surface area contributed by atoms with E-state index in [0.717, 1.165) is 17.5 Å². The van der Waals surface area contributed by atoms with Gasteiger partial charge in [0.25, 0.3) is 0 Å². The largest absolute Gasteiger partial charge is 0.486 e. The highest BCUT2D eigenvalue weighted by molar-refractivity contribution is 5.79. The first-order chi connectivity index (χ1) is 13.1. The van der Waals surface area contributed by atoms with Crippen molar-refractivity contribution >= 4 is 11.6 Å². The number of nitrogens with zero attached hydrogens (tertiary/aromatic N) is 2. The van der Waals surface area contributed by atoms with Crippen molar-refractivity contribution in [3.63, 3.8) is 0 Å². The summed E-state index contributed by atoms with van der Waals surface area (Å²) < 4.78 is 11.7. The van der Waals surface area contributed by atoms with Crippen LogP contribution in [0.15, 0.2) is 47.5 Å². The van der Waals surface area contributed by atoms with Crippen LogP contribution in [0.3, 0.4) is 0 Å². The molecule has 0 bridgehead atoms. The van der Waals surface area contributed by atoms with Crippen LogP contribution in [0.1, 0.15) is 11.1 Å². The Kier molecular flexibility index (Phi) is 6.06. The minimum atomic E-state index is -0.0560. The molecular weight excluding hydrogens is 340 g/mol. The Morgan fingerprint density at radius 2 is 1.93 bits per heavy atom. The van der Waals surface area contributed by atoms with Crippen molar-refractivity contribution in [3.8, 4) is 11.5 Å². The van der Waals surface area contributed by atoms with Crippen LogP contribution in [0.25, 0.3) is 0 Å². The molecule has 1 atom stereocenters. The first-order valence-corrected chi connectivity index (χ1v) is 9.16. The van der Waals surface area contributed by atoms with Gasteiger partial charge in [0.2, 0.25) is 0 Å². The summed E-state index contributed by atoms with van der Waals surface area (Å²) >= 11 is 0. The Bertz CT molecular complexity index is 805. The third-order valence-electron chi connectivity index (χ3n) is 4.58. The quantitative estimate of drug-likeness (QED) is 0.628. The number of rotatable bonds is 5. The van der Waals surface area contributed by atoms with Crippen LogP contribution >= 0.6 is 0 Å². The molecule has 0 saturated carbocycles. The van der Waals surface area contributed by atoms with Crippen molar-refractivity contribution in [2.45, 2.75) is 19.6 Å². The second-order valence-corrected chi connectivity index (χ2v) is 6.81. The van der Waals surface area contributed by atoms with Crippen molar-refractivity contribution < 1.29 is 9.47 Å². The SMILES string of the molecule is CN=C(NCc1ccc(N(C)C)cc1C)NCC1COc2ccccc2O1. The van der Waals surface area contributed by atoms with Gasteiger partial charge < -0.3 is 25.0 Å². The molecule has 0 aliphatic carbocycles. The number of nitrogens with one attached hydrogen (secondary N) is 2. The third-order valence-corrected chi connectivity index (χ3v) is 4.58. The standard InChI is InChI=1S/C21H28N4O2/c1-15-11-17(25(3)4)10-9-16(15)12-23-21(22-2)24-13-18-14-26-19-7-5-6-8-20(19)27-18/h5-11,18H,12-14H2,1-4H3,(H2,22,23,24). The van der Waals surface area contributed by atoms with E-state index in [0.29, 0.717) is 19.7 Å². The molecule has 1 aliphatic rings. The van der Waals surface area contributed by atoms with Crippen molar-refractivity contribution in [3.05, 3.63) is 53.6 Å². The number of benzene rings is 2. The van der Waals surface area contributed by atoms with E-state index in [1.54, 1.807) is 7.05 Å². The maximum absolute atomic E-state index is 5.97. The monoisotopic (exact) mass is 368 g/mol. The lowest BCUT2D eigenvalue weighted by molar-refractivity contribution is 0.0936. The van der Waals surface area contributed by atoms with Crippen LogP contribution in [0, 0.1) is 6.92 Å². The van der Waals surface area contributed by atoms with Gasteiger partial charge in [0.15, 0.2) is 17.5 Å². The Morgan fingerprint density at radius 3 is 2.63 bits per heavy atom. The van der Waals surface area contributed by atoms with E-state index < -0.39 is 0 Å². The van der Waals surface area contributed by atoms with Crippen LogP contribution in [-0.2, 0) is 6.54 Å². The number of para-hydroxylation sites is 2. The molecule has 1 aliphatic heterocycles. The van der Waals surface area contributed by atoms with Crippen molar-refractivity contribution in [2.75, 3.05) is 39.2 Å². The molecule has 27 heavy (non-hydrogen) atoms. The number of hydrogen-bond donors (Lipinski definition) is 2. The highest BCUT2D eigenvalue weighted by atomic mass is 16.6. The minimum Gasteiger partial charge on any atom is -0.486 e. The predicted octanol–water partition coefficient (Wildman–Crippen LogP) is 2.57. The second-order valence-electron chi connectivity index (χ2n) is 6.81. The molecule has 0 saturated heterocycles. The number of hydrogen-bond acceptors (Lipinski definition) is 4. The zero-order valence-corrected chi connectivity index (χ0v) is 16.5. The summed E-state index contributed by atoms with van der Waals surface area (Å²) in [6.07, 6.45) is -0.0560. The number of ether oxygens (including phenoxy) is 2. The van der Waals surface area contributed by atoms with Crippen molar-refractivity contribution in [1.29, 1.82) is 0 Å². The molecule has 6 heteroatoms. The fourth-order valence-electron chi connectivity index (χ4n) is 2.93. The fraction of sp³-hybridized carbons (Fsp3) is 0.381. The van der Waals surface area contributed by atoms with E-state index in [1.807, 2.05) is 38.4 Å². The molecule has 6 nitrogen and oxygen atoms in total. The van der Waals surface area contributed by atoms with Gasteiger partial charge in [0, 0.05) is 33.4 Å². The number of aliphatic imine (C=N–C) groups is 1. The molecule has 0 fully saturated rings. The summed E-state index contributed by atoms with van der Waals surface area (Å²) in [6.45, 7) is 3.98. The Labute approximate surface area is 161 Å². The lowest BCUT2D eigenvalue weighted by Gasteiger charge is -2.27. The van der Waals surface area contributed by atoms with Gasteiger partial charge in [-0.2, -0.15) is 0 Å². The molecule has 0 amide bonds. The van der Waals surface area contributed by atoms with Gasteiger partial charge in [0.1, 0.15) is 12.7 Å². The molecule has 2 aromatic rings. The maximum atomic E-state index is 5.97. The Morgan fingerprint density at radius 1 is 1.15 bits per heavy atom. The average molecular weight is 368 g/mol. The molecule has 1 unspecified atom stereocenters. The number of aryl methyl sites for hydroxylation is 1. The Balaban J connectivity index is 1.50. The first kappa shape index (κ1) is 18.9. The van der Waals surface area contributed by atoms with Crippen LogP contribution in [0.2, 0.25) is 0 Å². The predicted molar refractivity (Wildman–Crippen MR) is 110 cm³/mol. The van der Waals surface area contributed by atoms with E-state index in [4.69, 9.17) is 9.47 Å². The number of fused-ring (bicyclic) bond motifs is 1. The van der Waals surface area contributed by atoms with Gasteiger partial charge in [-0.15, -0.1) is 0 Å². The van der Waals surface area contributed by atoms with Crippen LogP contribution < -0.4 is 25.0 Å². The summed E-state index contributed by atoms with van der Waals surface area (Å²) in [5.41, 5.74) is 3.70. The zero-order chi connectivity index (χ0) is 19.2. The molecule has 0 spiro atoms. The highest BCUT2D eigenvalue weighted by Gasteiger charge is 2.20. The van der Waals surface area contributed by atoms with E-state index in [-0.39, 0.29) is 6.10 Å². The molecule has 2 N–H and O–H groups in total. The number of guanidine groups is 1. The van der Waals surface area contributed by atoms with Crippen LogP contribution in [0.4, 0.5) is 5.69 Å². The molecule has 144 valence electrons. The van der Waals surface area contributed by atoms with E-state index in [1.165, 1.54) is 16.8 Å². The molecule has 1 heterocycles. The molecule has 0 aromatic heterocycles. The van der Waals surface area contributed by atoms with Gasteiger partial charge in [0.05, 0.1) is 6.54 Å². The van der Waals surface area contributed by atoms with Gasteiger partial charge in [-0.3, -0.25) is 4.99 Å². The van der Waals surface area contributed by atoms with Crippen LogP contribution in [-0.4, -0.2) is 46.4 Å². The highest BCUT2D eigenvalue weighted by Crippen LogP contribution is 2.30.